The predicted octanol–water partition coefficient (Wildman–Crippen LogP) is 2.49. The number of benzene rings is 1. The van der Waals surface area contributed by atoms with Gasteiger partial charge in [0.05, 0.1) is 11.3 Å². The smallest absolute Gasteiger partial charge is 0.233 e. The molecule has 1 aliphatic rings. The van der Waals surface area contributed by atoms with Crippen LogP contribution in [0.4, 0.5) is 0 Å². The summed E-state index contributed by atoms with van der Waals surface area (Å²) >= 11 is 1.43. The molecule has 0 fully saturated rings. The molecule has 0 radical (unpaired) electrons. The number of nitrogens with one attached hydrogen (secondary N) is 1. The molecule has 2 atom stereocenters. The highest BCUT2D eigenvalue weighted by Gasteiger charge is 2.24. The van der Waals surface area contributed by atoms with Gasteiger partial charge in [-0.3, -0.25) is 4.79 Å². The summed E-state index contributed by atoms with van der Waals surface area (Å²) in [4.78, 5) is 12.5. The van der Waals surface area contributed by atoms with Gasteiger partial charge in [0.15, 0.2) is 5.16 Å². The SMILES string of the molecule is C[C@@H](Sc1nncn1C)C(=O)N[C@H]1CCCc2ccccc21. The predicted molar refractivity (Wildman–Crippen MR) is 86.6 cm³/mol. The normalized spacial score (nSPS) is 18.5. The number of rotatable bonds is 4. The summed E-state index contributed by atoms with van der Waals surface area (Å²) in [5.41, 5.74) is 2.62. The van der Waals surface area contributed by atoms with Crippen LogP contribution in [-0.2, 0) is 18.3 Å². The Balaban J connectivity index is 1.66. The molecule has 5 nitrogen and oxygen atoms in total. The zero-order chi connectivity index (χ0) is 15.5. The standard InChI is InChI=1S/C16H20N4OS/c1-11(22-16-19-17-10-20(16)2)15(21)18-14-9-5-7-12-6-3-4-8-13(12)14/h3-4,6,8,10-11,14H,5,7,9H2,1-2H3,(H,18,21)/t11-,14+/m1/s1. The maximum absolute atomic E-state index is 12.5. The van der Waals surface area contributed by atoms with Crippen molar-refractivity contribution in [2.24, 2.45) is 7.05 Å². The molecule has 1 aliphatic carbocycles. The first-order valence-electron chi connectivity index (χ1n) is 7.54. The van der Waals surface area contributed by atoms with Crippen LogP contribution >= 0.6 is 11.8 Å². The molecule has 2 aromatic rings. The quantitative estimate of drug-likeness (QED) is 0.881. The molecule has 0 saturated carbocycles. The van der Waals surface area contributed by atoms with Gasteiger partial charge in [-0.25, -0.2) is 0 Å². The number of amides is 1. The number of carbonyl (C=O) groups excluding carboxylic acids is 1. The fourth-order valence-corrected chi connectivity index (χ4v) is 3.58. The van der Waals surface area contributed by atoms with E-state index < -0.39 is 0 Å². The minimum absolute atomic E-state index is 0.0507. The van der Waals surface area contributed by atoms with Crippen molar-refractivity contribution in [3.8, 4) is 0 Å². The lowest BCUT2D eigenvalue weighted by atomic mass is 9.88. The van der Waals surface area contributed by atoms with Crippen LogP contribution in [0.25, 0.3) is 0 Å². The highest BCUT2D eigenvalue weighted by Crippen LogP contribution is 2.30. The number of aromatic nitrogens is 3. The minimum Gasteiger partial charge on any atom is -0.348 e. The van der Waals surface area contributed by atoms with Crippen LogP contribution in [0.15, 0.2) is 35.7 Å². The molecule has 3 rings (SSSR count). The van der Waals surface area contributed by atoms with Gasteiger partial charge in [-0.1, -0.05) is 36.0 Å². The zero-order valence-corrected chi connectivity index (χ0v) is 13.6. The van der Waals surface area contributed by atoms with E-state index in [1.165, 1.54) is 22.9 Å². The second-order valence-electron chi connectivity index (χ2n) is 5.64. The molecule has 0 spiro atoms. The van der Waals surface area contributed by atoms with Crippen molar-refractivity contribution in [1.29, 1.82) is 0 Å². The number of hydrogen-bond donors (Lipinski definition) is 1. The van der Waals surface area contributed by atoms with Crippen LogP contribution in [0.2, 0.25) is 0 Å². The molecule has 0 bridgehead atoms. The molecule has 1 amide bonds. The van der Waals surface area contributed by atoms with Crippen LogP contribution < -0.4 is 5.32 Å². The van der Waals surface area contributed by atoms with Crippen LogP contribution in [0.3, 0.4) is 0 Å². The van der Waals surface area contributed by atoms with Gasteiger partial charge in [0.1, 0.15) is 6.33 Å². The van der Waals surface area contributed by atoms with Gasteiger partial charge in [0.2, 0.25) is 5.91 Å². The van der Waals surface area contributed by atoms with Gasteiger partial charge < -0.3 is 9.88 Å². The molecule has 1 N–H and O–H groups in total. The topological polar surface area (TPSA) is 59.8 Å². The molecule has 116 valence electrons. The fraction of sp³-hybridized carbons (Fsp3) is 0.438. The highest BCUT2D eigenvalue weighted by molar-refractivity contribution is 8.00. The van der Waals surface area contributed by atoms with E-state index in [0.29, 0.717) is 0 Å². The van der Waals surface area contributed by atoms with E-state index in [-0.39, 0.29) is 17.2 Å². The Morgan fingerprint density at radius 3 is 3.05 bits per heavy atom. The van der Waals surface area contributed by atoms with E-state index in [1.54, 1.807) is 6.33 Å². The first-order valence-corrected chi connectivity index (χ1v) is 8.42. The molecule has 0 saturated heterocycles. The molecular formula is C16H20N4OS. The van der Waals surface area contributed by atoms with Gasteiger partial charge in [-0.15, -0.1) is 10.2 Å². The molecule has 0 unspecified atom stereocenters. The van der Waals surface area contributed by atoms with Crippen LogP contribution in [-0.4, -0.2) is 25.9 Å². The maximum Gasteiger partial charge on any atom is 0.233 e. The van der Waals surface area contributed by atoms with Crippen molar-refractivity contribution in [3.05, 3.63) is 41.7 Å². The number of hydrogen-bond acceptors (Lipinski definition) is 4. The number of nitrogens with zero attached hydrogens (tertiary/aromatic N) is 3. The Hall–Kier alpha value is -1.82. The maximum atomic E-state index is 12.5. The van der Waals surface area contributed by atoms with E-state index in [1.807, 2.05) is 24.6 Å². The van der Waals surface area contributed by atoms with E-state index in [2.05, 4.69) is 33.7 Å². The number of fused-ring (bicyclic) bond motifs is 1. The second kappa shape index (κ2) is 6.52. The first kappa shape index (κ1) is 15.1. The van der Waals surface area contributed by atoms with E-state index >= 15 is 0 Å². The van der Waals surface area contributed by atoms with Crippen molar-refractivity contribution >= 4 is 17.7 Å². The molecule has 1 aromatic carbocycles. The number of aryl methyl sites for hydroxylation is 2. The van der Waals surface area contributed by atoms with Crippen molar-refractivity contribution in [1.82, 2.24) is 20.1 Å². The summed E-state index contributed by atoms with van der Waals surface area (Å²) in [6.45, 7) is 1.91. The lowest BCUT2D eigenvalue weighted by Gasteiger charge is -2.27. The Labute approximate surface area is 134 Å². The lowest BCUT2D eigenvalue weighted by molar-refractivity contribution is -0.121. The van der Waals surface area contributed by atoms with Gasteiger partial charge >= 0.3 is 0 Å². The monoisotopic (exact) mass is 316 g/mol. The zero-order valence-electron chi connectivity index (χ0n) is 12.8. The molecule has 22 heavy (non-hydrogen) atoms. The third-order valence-electron chi connectivity index (χ3n) is 4.01. The third kappa shape index (κ3) is 3.16. The van der Waals surface area contributed by atoms with Crippen LogP contribution in [0.5, 0.6) is 0 Å². The molecule has 6 heteroatoms. The summed E-state index contributed by atoms with van der Waals surface area (Å²) in [6.07, 6.45) is 4.87. The van der Waals surface area contributed by atoms with Gasteiger partial charge in [-0.2, -0.15) is 0 Å². The summed E-state index contributed by atoms with van der Waals surface area (Å²) in [6, 6.07) is 8.52. The lowest BCUT2D eigenvalue weighted by Crippen LogP contribution is -2.36. The molecule has 1 aromatic heterocycles. The van der Waals surface area contributed by atoms with E-state index in [0.717, 1.165) is 24.4 Å². The van der Waals surface area contributed by atoms with Crippen molar-refractivity contribution in [2.45, 2.75) is 42.6 Å². The first-order chi connectivity index (χ1) is 10.6. The summed E-state index contributed by atoms with van der Waals surface area (Å²) < 4.78 is 1.82. The highest BCUT2D eigenvalue weighted by atomic mass is 32.2. The van der Waals surface area contributed by atoms with Crippen molar-refractivity contribution < 1.29 is 4.79 Å². The second-order valence-corrected chi connectivity index (χ2v) is 6.94. The van der Waals surface area contributed by atoms with Crippen molar-refractivity contribution in [3.63, 3.8) is 0 Å². The summed E-state index contributed by atoms with van der Waals surface area (Å²) in [5.74, 6) is 0.0507. The number of thioether (sulfide) groups is 1. The Morgan fingerprint density at radius 1 is 1.45 bits per heavy atom. The Morgan fingerprint density at radius 2 is 2.27 bits per heavy atom. The fourth-order valence-electron chi connectivity index (χ4n) is 2.78. The molecule has 1 heterocycles. The average Bonchev–Trinajstić information content (AvgIpc) is 2.93. The molecule has 0 aliphatic heterocycles. The molecular weight excluding hydrogens is 296 g/mol. The van der Waals surface area contributed by atoms with E-state index in [4.69, 9.17) is 0 Å². The van der Waals surface area contributed by atoms with Gasteiger partial charge in [0, 0.05) is 7.05 Å². The summed E-state index contributed by atoms with van der Waals surface area (Å²) in [7, 11) is 1.88. The summed E-state index contributed by atoms with van der Waals surface area (Å²) in [5, 5.41) is 11.6. The largest absolute Gasteiger partial charge is 0.348 e. The minimum atomic E-state index is -0.197. The van der Waals surface area contributed by atoms with E-state index in [9.17, 15) is 4.79 Å². The van der Waals surface area contributed by atoms with Gasteiger partial charge in [-0.05, 0) is 37.3 Å². The Kier molecular flexibility index (Phi) is 4.47. The van der Waals surface area contributed by atoms with Gasteiger partial charge in [0.25, 0.3) is 0 Å². The number of carbonyl (C=O) groups is 1. The van der Waals surface area contributed by atoms with Crippen LogP contribution in [0, 0.1) is 0 Å². The van der Waals surface area contributed by atoms with Crippen LogP contribution in [0.1, 0.15) is 36.9 Å². The Bertz CT molecular complexity index is 670. The van der Waals surface area contributed by atoms with Crippen molar-refractivity contribution in [2.75, 3.05) is 0 Å². The third-order valence-corrected chi connectivity index (χ3v) is 5.16. The average molecular weight is 316 g/mol.